The minimum atomic E-state index is -0.480. The average molecular weight is 346 g/mol. The lowest BCUT2D eigenvalue weighted by molar-refractivity contribution is 0.309. The summed E-state index contributed by atoms with van der Waals surface area (Å²) >= 11 is 1.46. The van der Waals surface area contributed by atoms with E-state index in [1.807, 2.05) is 24.3 Å². The standard InChI is InChI=1S/C17H19FN4OS/c1-10(2)20-5-6-23-12-3-4-14-11(7-12)8-15(24-14)16-13(18)9-21-17(19)22-16/h3-4,7-10,20H,5-6H2,1-2H3,(H2,19,21,22). The maximum absolute atomic E-state index is 13.9. The van der Waals surface area contributed by atoms with Crippen LogP contribution in [0, 0.1) is 5.82 Å². The molecule has 0 radical (unpaired) electrons. The molecule has 0 amide bonds. The largest absolute Gasteiger partial charge is 0.492 e. The molecule has 24 heavy (non-hydrogen) atoms. The number of halogens is 1. The Morgan fingerprint density at radius 3 is 2.96 bits per heavy atom. The number of ether oxygens (including phenoxy) is 1. The molecule has 0 aliphatic carbocycles. The first-order valence-electron chi connectivity index (χ1n) is 7.71. The molecule has 0 fully saturated rings. The fourth-order valence-electron chi connectivity index (χ4n) is 2.30. The Morgan fingerprint density at radius 1 is 1.33 bits per heavy atom. The van der Waals surface area contributed by atoms with E-state index in [1.54, 1.807) is 0 Å². The Hall–Kier alpha value is -2.25. The van der Waals surface area contributed by atoms with E-state index in [4.69, 9.17) is 10.5 Å². The first-order chi connectivity index (χ1) is 11.5. The third-order valence-electron chi connectivity index (χ3n) is 3.41. The Bertz CT molecular complexity index is 850. The van der Waals surface area contributed by atoms with Gasteiger partial charge >= 0.3 is 0 Å². The van der Waals surface area contributed by atoms with Gasteiger partial charge in [-0.25, -0.2) is 14.4 Å². The summed E-state index contributed by atoms with van der Waals surface area (Å²) < 4.78 is 20.7. The predicted molar refractivity (Wildman–Crippen MR) is 95.9 cm³/mol. The van der Waals surface area contributed by atoms with Crippen LogP contribution in [0.3, 0.4) is 0 Å². The van der Waals surface area contributed by atoms with E-state index >= 15 is 0 Å². The van der Waals surface area contributed by atoms with Crippen LogP contribution in [-0.2, 0) is 0 Å². The van der Waals surface area contributed by atoms with Crippen LogP contribution >= 0.6 is 11.3 Å². The van der Waals surface area contributed by atoms with Gasteiger partial charge in [0.05, 0.1) is 11.1 Å². The van der Waals surface area contributed by atoms with E-state index in [0.29, 0.717) is 12.6 Å². The van der Waals surface area contributed by atoms with E-state index in [2.05, 4.69) is 29.1 Å². The van der Waals surface area contributed by atoms with Gasteiger partial charge in [-0.3, -0.25) is 0 Å². The van der Waals surface area contributed by atoms with Crippen molar-refractivity contribution in [3.8, 4) is 16.3 Å². The lowest BCUT2D eigenvalue weighted by atomic mass is 10.2. The molecule has 7 heteroatoms. The second kappa shape index (κ2) is 7.11. The molecule has 0 atom stereocenters. The maximum Gasteiger partial charge on any atom is 0.220 e. The number of rotatable bonds is 6. The van der Waals surface area contributed by atoms with Gasteiger partial charge in [0.2, 0.25) is 5.95 Å². The zero-order valence-electron chi connectivity index (χ0n) is 13.5. The van der Waals surface area contributed by atoms with E-state index in [0.717, 1.165) is 33.5 Å². The number of nitrogens with zero attached hydrogens (tertiary/aromatic N) is 2. The number of thiophene rings is 1. The number of nitrogen functional groups attached to an aromatic ring is 1. The van der Waals surface area contributed by atoms with E-state index in [9.17, 15) is 4.39 Å². The van der Waals surface area contributed by atoms with Crippen LogP contribution in [0.25, 0.3) is 20.7 Å². The first kappa shape index (κ1) is 16.6. The van der Waals surface area contributed by atoms with Gasteiger partial charge in [0, 0.05) is 17.3 Å². The molecule has 2 heterocycles. The van der Waals surface area contributed by atoms with Crippen molar-refractivity contribution in [3.63, 3.8) is 0 Å². The molecule has 126 valence electrons. The molecule has 0 unspecified atom stereocenters. The van der Waals surface area contributed by atoms with Crippen LogP contribution < -0.4 is 15.8 Å². The van der Waals surface area contributed by atoms with Crippen molar-refractivity contribution in [2.45, 2.75) is 19.9 Å². The monoisotopic (exact) mass is 346 g/mol. The third kappa shape index (κ3) is 3.80. The molecular formula is C17H19FN4OS. The molecule has 5 nitrogen and oxygen atoms in total. The average Bonchev–Trinajstić information content (AvgIpc) is 2.96. The zero-order chi connectivity index (χ0) is 17.1. The molecule has 0 spiro atoms. The highest BCUT2D eigenvalue weighted by Crippen LogP contribution is 2.35. The normalized spacial score (nSPS) is 11.3. The van der Waals surface area contributed by atoms with Crippen molar-refractivity contribution in [1.29, 1.82) is 0 Å². The molecule has 2 aromatic heterocycles. The van der Waals surface area contributed by atoms with Gasteiger partial charge in [-0.2, -0.15) is 0 Å². The Labute approximate surface area is 143 Å². The van der Waals surface area contributed by atoms with Gasteiger partial charge in [-0.15, -0.1) is 11.3 Å². The van der Waals surface area contributed by atoms with Gasteiger partial charge in [0.1, 0.15) is 18.1 Å². The predicted octanol–water partition coefficient (Wildman–Crippen LogP) is 3.46. The highest BCUT2D eigenvalue weighted by molar-refractivity contribution is 7.22. The van der Waals surface area contributed by atoms with E-state index in [1.165, 1.54) is 11.3 Å². The van der Waals surface area contributed by atoms with Crippen molar-refractivity contribution in [3.05, 3.63) is 36.3 Å². The third-order valence-corrected chi connectivity index (χ3v) is 4.53. The number of aromatic nitrogens is 2. The zero-order valence-corrected chi connectivity index (χ0v) is 14.4. The summed E-state index contributed by atoms with van der Waals surface area (Å²) in [5.74, 6) is 0.373. The van der Waals surface area contributed by atoms with Crippen LogP contribution in [0.15, 0.2) is 30.5 Å². The summed E-state index contributed by atoms with van der Waals surface area (Å²) in [5.41, 5.74) is 5.79. The fourth-order valence-corrected chi connectivity index (χ4v) is 3.33. The Balaban J connectivity index is 1.80. The maximum atomic E-state index is 13.9. The molecule has 3 N–H and O–H groups in total. The smallest absolute Gasteiger partial charge is 0.220 e. The van der Waals surface area contributed by atoms with Gasteiger partial charge in [0.15, 0.2) is 5.82 Å². The number of benzene rings is 1. The van der Waals surface area contributed by atoms with Crippen LogP contribution in [0.5, 0.6) is 5.75 Å². The number of nitrogens with two attached hydrogens (primary N) is 1. The minimum Gasteiger partial charge on any atom is -0.492 e. The Kier molecular flexibility index (Phi) is 4.92. The quantitative estimate of drug-likeness (QED) is 0.669. The SMILES string of the molecule is CC(C)NCCOc1ccc2sc(-c3nc(N)ncc3F)cc2c1. The van der Waals surface area contributed by atoms with Crippen molar-refractivity contribution in [2.24, 2.45) is 0 Å². The van der Waals surface area contributed by atoms with Crippen LogP contribution in [0.4, 0.5) is 10.3 Å². The molecular weight excluding hydrogens is 327 g/mol. The molecule has 0 bridgehead atoms. The van der Waals surface area contributed by atoms with Crippen LogP contribution in [-0.4, -0.2) is 29.2 Å². The number of nitrogens with one attached hydrogen (secondary N) is 1. The summed E-state index contributed by atoms with van der Waals surface area (Å²) in [6.45, 7) is 5.57. The minimum absolute atomic E-state index is 0.0607. The van der Waals surface area contributed by atoms with Crippen molar-refractivity contribution < 1.29 is 9.13 Å². The number of hydrogen-bond donors (Lipinski definition) is 2. The molecule has 0 saturated carbocycles. The number of hydrogen-bond acceptors (Lipinski definition) is 6. The van der Waals surface area contributed by atoms with Crippen LogP contribution in [0.1, 0.15) is 13.8 Å². The van der Waals surface area contributed by atoms with E-state index < -0.39 is 5.82 Å². The summed E-state index contributed by atoms with van der Waals surface area (Å²) in [5, 5.41) is 4.29. The second-order valence-corrected chi connectivity index (χ2v) is 6.78. The van der Waals surface area contributed by atoms with Gasteiger partial charge < -0.3 is 15.8 Å². The Morgan fingerprint density at radius 2 is 2.17 bits per heavy atom. The van der Waals surface area contributed by atoms with Gasteiger partial charge in [-0.05, 0) is 29.7 Å². The second-order valence-electron chi connectivity index (χ2n) is 5.69. The lowest BCUT2D eigenvalue weighted by Gasteiger charge is -2.09. The highest BCUT2D eigenvalue weighted by atomic mass is 32.1. The van der Waals surface area contributed by atoms with Crippen molar-refractivity contribution >= 4 is 27.4 Å². The van der Waals surface area contributed by atoms with E-state index in [-0.39, 0.29) is 11.6 Å². The van der Waals surface area contributed by atoms with Gasteiger partial charge in [0.25, 0.3) is 0 Å². The number of fused-ring (bicyclic) bond motifs is 1. The summed E-state index contributed by atoms with van der Waals surface area (Å²) in [4.78, 5) is 8.38. The van der Waals surface area contributed by atoms with Gasteiger partial charge in [-0.1, -0.05) is 13.8 Å². The molecule has 3 aromatic rings. The summed E-state index contributed by atoms with van der Waals surface area (Å²) in [6, 6.07) is 8.17. The molecule has 1 aromatic carbocycles. The molecule has 0 saturated heterocycles. The summed E-state index contributed by atoms with van der Waals surface area (Å²) in [6.07, 6.45) is 1.10. The van der Waals surface area contributed by atoms with Crippen molar-refractivity contribution in [2.75, 3.05) is 18.9 Å². The fraction of sp³-hybridized carbons (Fsp3) is 0.294. The molecule has 0 aliphatic heterocycles. The molecule has 0 aliphatic rings. The molecule has 3 rings (SSSR count). The number of anilines is 1. The topological polar surface area (TPSA) is 73.1 Å². The highest BCUT2D eigenvalue weighted by Gasteiger charge is 2.12. The van der Waals surface area contributed by atoms with Crippen LogP contribution in [0.2, 0.25) is 0 Å². The first-order valence-corrected chi connectivity index (χ1v) is 8.53. The lowest BCUT2D eigenvalue weighted by Crippen LogP contribution is -2.27. The van der Waals surface area contributed by atoms with Crippen molar-refractivity contribution in [1.82, 2.24) is 15.3 Å². The summed E-state index contributed by atoms with van der Waals surface area (Å²) in [7, 11) is 0.